The molecule has 3 nitrogen and oxygen atoms in total. The maximum absolute atomic E-state index is 5.63. The molecule has 0 atom stereocenters. The van der Waals surface area contributed by atoms with E-state index in [9.17, 15) is 0 Å². The van der Waals surface area contributed by atoms with Crippen LogP contribution in [0.2, 0.25) is 0 Å². The predicted molar refractivity (Wildman–Crippen MR) is 70.9 cm³/mol. The first kappa shape index (κ1) is 20.3. The van der Waals surface area contributed by atoms with Gasteiger partial charge in [0.2, 0.25) is 0 Å². The molecular formula is C12H28O3PPd+. The van der Waals surface area contributed by atoms with Crippen LogP contribution in [-0.4, -0.2) is 19.8 Å². The smallest absolute Gasteiger partial charge is 0.180 e. The van der Waals surface area contributed by atoms with Gasteiger partial charge in [0.1, 0.15) is 0 Å². The Kier molecular flexibility index (Phi) is 20.3. The number of rotatable bonds is 12. The van der Waals surface area contributed by atoms with Crippen molar-refractivity contribution in [3.63, 3.8) is 0 Å². The summed E-state index contributed by atoms with van der Waals surface area (Å²) in [6, 6.07) is 0. The van der Waals surface area contributed by atoms with Gasteiger partial charge in [0, 0.05) is 20.4 Å². The molecule has 0 amide bonds. The van der Waals surface area contributed by atoms with Gasteiger partial charge in [0.25, 0.3) is 0 Å². The summed E-state index contributed by atoms with van der Waals surface area (Å²) in [6.45, 7) is 8.78. The molecular weight excluding hydrogens is 330 g/mol. The van der Waals surface area contributed by atoms with Gasteiger partial charge >= 0.3 is 8.60 Å². The zero-order valence-corrected chi connectivity index (χ0v) is 14.0. The van der Waals surface area contributed by atoms with E-state index in [-0.39, 0.29) is 20.4 Å². The van der Waals surface area contributed by atoms with E-state index in [0.29, 0.717) is 0 Å². The predicted octanol–water partition coefficient (Wildman–Crippen LogP) is 4.39. The first-order chi connectivity index (χ1) is 7.85. The molecule has 17 heavy (non-hydrogen) atoms. The van der Waals surface area contributed by atoms with E-state index >= 15 is 0 Å². The maximum atomic E-state index is 5.63. The molecule has 0 aromatic carbocycles. The third-order valence-corrected chi connectivity index (χ3v) is 3.47. The normalized spacial score (nSPS) is 10.6. The van der Waals surface area contributed by atoms with Crippen molar-refractivity contribution in [3.8, 4) is 0 Å². The second kappa shape index (κ2) is 17.0. The van der Waals surface area contributed by atoms with Gasteiger partial charge in [-0.25, -0.2) is 0 Å². The molecule has 0 fully saturated rings. The van der Waals surface area contributed by atoms with Crippen molar-refractivity contribution in [2.75, 3.05) is 19.8 Å². The van der Waals surface area contributed by atoms with E-state index < -0.39 is 8.60 Å². The van der Waals surface area contributed by atoms with Crippen molar-refractivity contribution in [3.05, 3.63) is 0 Å². The van der Waals surface area contributed by atoms with Gasteiger partial charge in [0.05, 0.1) is 19.8 Å². The van der Waals surface area contributed by atoms with Crippen molar-refractivity contribution in [2.45, 2.75) is 59.3 Å². The summed E-state index contributed by atoms with van der Waals surface area (Å²) < 4.78 is 16.9. The molecule has 0 aliphatic rings. The second-order valence-corrected chi connectivity index (χ2v) is 5.22. The Labute approximate surface area is 122 Å². The molecule has 108 valence electrons. The van der Waals surface area contributed by atoms with Crippen LogP contribution in [0.1, 0.15) is 59.3 Å². The Morgan fingerprint density at radius 2 is 0.941 bits per heavy atom. The molecule has 0 aliphatic heterocycles. The Balaban J connectivity index is 0. The first-order valence-corrected chi connectivity index (χ1v) is 7.82. The number of hydrogen-bond acceptors (Lipinski definition) is 3. The van der Waals surface area contributed by atoms with Gasteiger partial charge in [0.15, 0.2) is 0 Å². The van der Waals surface area contributed by atoms with Crippen LogP contribution >= 0.6 is 8.60 Å². The zero-order valence-electron chi connectivity index (χ0n) is 11.4. The van der Waals surface area contributed by atoms with Gasteiger partial charge < -0.3 is 0 Å². The van der Waals surface area contributed by atoms with Gasteiger partial charge in [-0.2, -0.15) is 13.6 Å². The van der Waals surface area contributed by atoms with Crippen molar-refractivity contribution < 1.29 is 34.0 Å². The van der Waals surface area contributed by atoms with E-state index in [2.05, 4.69) is 20.8 Å². The monoisotopic (exact) mass is 357 g/mol. The van der Waals surface area contributed by atoms with Crippen LogP contribution in [0.25, 0.3) is 0 Å². The molecule has 0 saturated carbocycles. The van der Waals surface area contributed by atoms with Gasteiger partial charge in [-0.3, -0.25) is 0 Å². The quantitative estimate of drug-likeness (QED) is 0.294. The minimum atomic E-state index is -1.46. The maximum Gasteiger partial charge on any atom is 0.397 e. The van der Waals surface area contributed by atoms with Crippen LogP contribution in [0, 0.1) is 0 Å². The van der Waals surface area contributed by atoms with Crippen LogP contribution in [0.5, 0.6) is 0 Å². The van der Waals surface area contributed by atoms with Crippen molar-refractivity contribution >= 4 is 8.60 Å². The second-order valence-electron chi connectivity index (χ2n) is 3.86. The molecule has 5 heteroatoms. The van der Waals surface area contributed by atoms with Gasteiger partial charge in [-0.1, -0.05) is 40.0 Å². The summed E-state index contributed by atoms with van der Waals surface area (Å²) in [5, 5.41) is 0. The summed E-state index contributed by atoms with van der Waals surface area (Å²) in [5.74, 6) is 0. The number of hydrogen-bond donors (Lipinski definition) is 0. The molecule has 0 aromatic rings. The van der Waals surface area contributed by atoms with E-state index in [4.69, 9.17) is 13.6 Å². The van der Waals surface area contributed by atoms with Crippen molar-refractivity contribution in [1.29, 1.82) is 0 Å². The van der Waals surface area contributed by atoms with Gasteiger partial charge in [-0.15, -0.1) is 0 Å². The average molecular weight is 358 g/mol. The van der Waals surface area contributed by atoms with E-state index in [1.54, 1.807) is 0 Å². The Morgan fingerprint density at radius 3 is 1.18 bits per heavy atom. The van der Waals surface area contributed by atoms with Crippen molar-refractivity contribution in [2.24, 2.45) is 0 Å². The molecule has 0 saturated heterocycles. The fourth-order valence-corrected chi connectivity index (χ4v) is 2.21. The minimum Gasteiger partial charge on any atom is -0.180 e. The SMILES string of the molecule is CCCCO[PH+](OCCCC)OCCCC.[Pd]. The Morgan fingerprint density at radius 1 is 0.647 bits per heavy atom. The van der Waals surface area contributed by atoms with Crippen LogP contribution in [-0.2, 0) is 34.0 Å². The summed E-state index contributed by atoms with van der Waals surface area (Å²) in [4.78, 5) is 0. The largest absolute Gasteiger partial charge is 0.397 e. The molecule has 0 aromatic heterocycles. The van der Waals surface area contributed by atoms with E-state index in [1.807, 2.05) is 0 Å². The summed E-state index contributed by atoms with van der Waals surface area (Å²) in [6.07, 6.45) is 6.71. The van der Waals surface area contributed by atoms with Crippen molar-refractivity contribution in [1.82, 2.24) is 0 Å². The van der Waals surface area contributed by atoms with Crippen LogP contribution in [0.3, 0.4) is 0 Å². The molecule has 0 N–H and O–H groups in total. The molecule has 0 bridgehead atoms. The average Bonchev–Trinajstić information content (AvgIpc) is 2.29. The first-order valence-electron chi connectivity index (χ1n) is 6.60. The molecule has 0 spiro atoms. The molecule has 0 radical (unpaired) electrons. The minimum absolute atomic E-state index is 0. The van der Waals surface area contributed by atoms with Crippen LogP contribution in [0.15, 0.2) is 0 Å². The fraction of sp³-hybridized carbons (Fsp3) is 1.00. The summed E-state index contributed by atoms with van der Waals surface area (Å²) in [5.41, 5.74) is 0. The third-order valence-electron chi connectivity index (χ3n) is 2.15. The fourth-order valence-electron chi connectivity index (χ4n) is 1.02. The zero-order chi connectivity index (χ0) is 12.1. The van der Waals surface area contributed by atoms with Crippen LogP contribution < -0.4 is 0 Å². The van der Waals surface area contributed by atoms with Crippen LogP contribution in [0.4, 0.5) is 0 Å². The number of unbranched alkanes of at least 4 members (excludes halogenated alkanes) is 3. The van der Waals surface area contributed by atoms with Gasteiger partial charge in [-0.05, 0) is 19.3 Å². The molecule has 0 unspecified atom stereocenters. The molecule has 0 aliphatic carbocycles. The van der Waals surface area contributed by atoms with E-state index in [1.165, 1.54) is 0 Å². The van der Waals surface area contributed by atoms with E-state index in [0.717, 1.165) is 58.3 Å². The molecule has 0 rings (SSSR count). The topological polar surface area (TPSA) is 27.7 Å². The Bertz CT molecular complexity index is 115. The molecule has 0 heterocycles. The summed E-state index contributed by atoms with van der Waals surface area (Å²) in [7, 11) is -1.46. The summed E-state index contributed by atoms with van der Waals surface area (Å²) >= 11 is 0. The third kappa shape index (κ3) is 14.9. The standard InChI is InChI=1S/C12H28O3P.Pd/c1-4-7-10-13-16(14-11-8-5-2)15-12-9-6-3;/h16H,4-12H2,1-3H3;/q+1;. The Hall–Kier alpha value is 0.972.